The number of urea groups is 1. The quantitative estimate of drug-likeness (QED) is 0.859. The standard InChI is InChI=1S/C17H31N3O3/c1-17(2,3)15(21)19-8-10-20(11-9-19)16(22)18-7-4-14-5-12-23-13-6-14/h14H,4-13H2,1-3H3,(H,18,22). The summed E-state index contributed by atoms with van der Waals surface area (Å²) in [6, 6.07) is -0.0000768. The van der Waals surface area contributed by atoms with Gasteiger partial charge in [0.15, 0.2) is 0 Å². The molecule has 0 aromatic heterocycles. The molecular weight excluding hydrogens is 294 g/mol. The van der Waals surface area contributed by atoms with Gasteiger partial charge in [-0.1, -0.05) is 20.8 Å². The molecule has 2 saturated heterocycles. The Morgan fingerprint density at radius 2 is 1.61 bits per heavy atom. The molecule has 0 aromatic rings. The summed E-state index contributed by atoms with van der Waals surface area (Å²) in [6.07, 6.45) is 3.23. The minimum atomic E-state index is -0.353. The number of carbonyl (C=O) groups is 2. The van der Waals surface area contributed by atoms with Gasteiger partial charge < -0.3 is 19.9 Å². The van der Waals surface area contributed by atoms with Gasteiger partial charge >= 0.3 is 6.03 Å². The molecule has 2 fully saturated rings. The highest BCUT2D eigenvalue weighted by Crippen LogP contribution is 2.19. The van der Waals surface area contributed by atoms with Gasteiger partial charge in [0.05, 0.1) is 0 Å². The number of rotatable bonds is 3. The van der Waals surface area contributed by atoms with Gasteiger partial charge in [0.25, 0.3) is 0 Å². The molecular formula is C17H31N3O3. The molecule has 0 atom stereocenters. The highest BCUT2D eigenvalue weighted by Gasteiger charge is 2.30. The zero-order valence-electron chi connectivity index (χ0n) is 14.8. The van der Waals surface area contributed by atoms with Crippen molar-refractivity contribution >= 4 is 11.9 Å². The predicted molar refractivity (Wildman–Crippen MR) is 89.2 cm³/mol. The molecule has 0 bridgehead atoms. The molecule has 0 radical (unpaired) electrons. The topological polar surface area (TPSA) is 61.9 Å². The van der Waals surface area contributed by atoms with Crippen molar-refractivity contribution in [2.24, 2.45) is 11.3 Å². The Morgan fingerprint density at radius 3 is 2.17 bits per heavy atom. The number of carbonyl (C=O) groups excluding carboxylic acids is 2. The summed E-state index contributed by atoms with van der Waals surface area (Å²) in [7, 11) is 0. The zero-order valence-corrected chi connectivity index (χ0v) is 14.8. The Kier molecular flexibility index (Phi) is 6.27. The maximum atomic E-state index is 12.2. The van der Waals surface area contributed by atoms with Crippen LogP contribution in [0.4, 0.5) is 4.79 Å². The lowest BCUT2D eigenvalue weighted by molar-refractivity contribution is -0.140. The first-order chi connectivity index (χ1) is 10.9. The second kappa shape index (κ2) is 7.99. The van der Waals surface area contributed by atoms with Crippen molar-refractivity contribution in [3.63, 3.8) is 0 Å². The Morgan fingerprint density at radius 1 is 1.04 bits per heavy atom. The van der Waals surface area contributed by atoms with Crippen LogP contribution < -0.4 is 5.32 Å². The van der Waals surface area contributed by atoms with Gasteiger partial charge in [0, 0.05) is 51.4 Å². The second-order valence-electron chi connectivity index (χ2n) is 7.61. The van der Waals surface area contributed by atoms with E-state index in [0.29, 0.717) is 32.1 Å². The van der Waals surface area contributed by atoms with Crippen molar-refractivity contribution in [3.8, 4) is 0 Å². The molecule has 6 nitrogen and oxygen atoms in total. The number of hydrogen-bond donors (Lipinski definition) is 1. The number of amides is 3. The van der Waals surface area contributed by atoms with Crippen LogP contribution in [0.2, 0.25) is 0 Å². The van der Waals surface area contributed by atoms with Crippen LogP contribution in [-0.4, -0.2) is 67.7 Å². The fraction of sp³-hybridized carbons (Fsp3) is 0.882. The number of nitrogens with zero attached hydrogens (tertiary/aromatic N) is 2. The van der Waals surface area contributed by atoms with E-state index in [9.17, 15) is 9.59 Å². The van der Waals surface area contributed by atoms with E-state index in [1.807, 2.05) is 30.6 Å². The van der Waals surface area contributed by atoms with Crippen molar-refractivity contribution in [1.29, 1.82) is 0 Å². The van der Waals surface area contributed by atoms with E-state index >= 15 is 0 Å². The number of piperazine rings is 1. The van der Waals surface area contributed by atoms with E-state index in [2.05, 4.69) is 5.32 Å². The van der Waals surface area contributed by atoms with E-state index in [0.717, 1.165) is 39.0 Å². The Hall–Kier alpha value is -1.30. The third-order valence-electron chi connectivity index (χ3n) is 4.67. The normalized spacial score (nSPS) is 20.5. The van der Waals surface area contributed by atoms with Gasteiger partial charge in [-0.3, -0.25) is 4.79 Å². The van der Waals surface area contributed by atoms with Crippen molar-refractivity contribution in [1.82, 2.24) is 15.1 Å². The SMILES string of the molecule is CC(C)(C)C(=O)N1CCN(C(=O)NCCC2CCOCC2)CC1. The summed E-state index contributed by atoms with van der Waals surface area (Å²) in [5, 5.41) is 3.02. The number of ether oxygens (including phenoxy) is 1. The molecule has 132 valence electrons. The van der Waals surface area contributed by atoms with Crippen molar-refractivity contribution in [2.45, 2.75) is 40.0 Å². The van der Waals surface area contributed by atoms with Crippen LogP contribution in [0, 0.1) is 11.3 Å². The van der Waals surface area contributed by atoms with Crippen LogP contribution in [-0.2, 0) is 9.53 Å². The number of hydrogen-bond acceptors (Lipinski definition) is 3. The molecule has 23 heavy (non-hydrogen) atoms. The van der Waals surface area contributed by atoms with Crippen LogP contribution in [0.15, 0.2) is 0 Å². The van der Waals surface area contributed by atoms with Crippen LogP contribution in [0.1, 0.15) is 40.0 Å². The maximum absolute atomic E-state index is 12.2. The van der Waals surface area contributed by atoms with E-state index in [1.165, 1.54) is 0 Å². The van der Waals surface area contributed by atoms with Crippen molar-refractivity contribution in [3.05, 3.63) is 0 Å². The molecule has 0 saturated carbocycles. The molecule has 6 heteroatoms. The number of nitrogens with one attached hydrogen (secondary N) is 1. The Balaban J connectivity index is 1.66. The zero-order chi connectivity index (χ0) is 16.9. The van der Waals surface area contributed by atoms with Crippen molar-refractivity contribution < 1.29 is 14.3 Å². The summed E-state index contributed by atoms with van der Waals surface area (Å²) in [6.45, 7) is 10.7. The summed E-state index contributed by atoms with van der Waals surface area (Å²) >= 11 is 0. The van der Waals surface area contributed by atoms with Crippen molar-refractivity contribution in [2.75, 3.05) is 45.9 Å². The lowest BCUT2D eigenvalue weighted by atomic mass is 9.94. The molecule has 2 heterocycles. The lowest BCUT2D eigenvalue weighted by Gasteiger charge is -2.37. The first-order valence-corrected chi connectivity index (χ1v) is 8.78. The molecule has 0 aromatic carbocycles. The first kappa shape index (κ1) is 18.0. The molecule has 2 aliphatic rings. The minimum Gasteiger partial charge on any atom is -0.381 e. The second-order valence-corrected chi connectivity index (χ2v) is 7.61. The highest BCUT2D eigenvalue weighted by atomic mass is 16.5. The summed E-state index contributed by atoms with van der Waals surface area (Å²) < 4.78 is 5.35. The highest BCUT2D eigenvalue weighted by molar-refractivity contribution is 5.82. The van der Waals surface area contributed by atoms with Crippen LogP contribution in [0.3, 0.4) is 0 Å². The molecule has 0 unspecified atom stereocenters. The summed E-state index contributed by atoms with van der Waals surface area (Å²) in [5.74, 6) is 0.836. The lowest BCUT2D eigenvalue weighted by Crippen LogP contribution is -2.55. The van der Waals surface area contributed by atoms with E-state index in [-0.39, 0.29) is 17.4 Å². The largest absolute Gasteiger partial charge is 0.381 e. The first-order valence-electron chi connectivity index (χ1n) is 8.78. The minimum absolute atomic E-state index is 0.0000768. The molecule has 2 aliphatic heterocycles. The van der Waals surface area contributed by atoms with Crippen LogP contribution >= 0.6 is 0 Å². The third-order valence-corrected chi connectivity index (χ3v) is 4.67. The molecule has 0 spiro atoms. The molecule has 2 rings (SSSR count). The maximum Gasteiger partial charge on any atom is 0.317 e. The molecule has 0 aliphatic carbocycles. The van der Waals surface area contributed by atoms with E-state index < -0.39 is 0 Å². The Labute approximate surface area is 139 Å². The van der Waals surface area contributed by atoms with Crippen LogP contribution in [0.25, 0.3) is 0 Å². The van der Waals surface area contributed by atoms with Gasteiger partial charge in [-0.2, -0.15) is 0 Å². The monoisotopic (exact) mass is 325 g/mol. The average molecular weight is 325 g/mol. The predicted octanol–water partition coefficient (Wildman–Crippen LogP) is 1.70. The van der Waals surface area contributed by atoms with Crippen LogP contribution in [0.5, 0.6) is 0 Å². The average Bonchev–Trinajstić information content (AvgIpc) is 2.54. The van der Waals surface area contributed by atoms with Gasteiger partial charge in [-0.15, -0.1) is 0 Å². The van der Waals surface area contributed by atoms with E-state index in [4.69, 9.17) is 4.74 Å². The van der Waals surface area contributed by atoms with E-state index in [1.54, 1.807) is 0 Å². The van der Waals surface area contributed by atoms with Gasteiger partial charge in [-0.05, 0) is 25.2 Å². The van der Waals surface area contributed by atoms with Gasteiger partial charge in [0.1, 0.15) is 0 Å². The summed E-state index contributed by atoms with van der Waals surface area (Å²) in [4.78, 5) is 28.1. The fourth-order valence-corrected chi connectivity index (χ4v) is 3.12. The van der Waals surface area contributed by atoms with Gasteiger partial charge in [-0.25, -0.2) is 4.79 Å². The Bertz CT molecular complexity index is 406. The van der Waals surface area contributed by atoms with Gasteiger partial charge in [0.2, 0.25) is 5.91 Å². The third kappa shape index (κ3) is 5.37. The molecule has 3 amide bonds. The smallest absolute Gasteiger partial charge is 0.317 e. The molecule has 1 N–H and O–H groups in total. The fourth-order valence-electron chi connectivity index (χ4n) is 3.12. The summed E-state index contributed by atoms with van der Waals surface area (Å²) in [5.41, 5.74) is -0.353.